The number of esters is 1. The van der Waals surface area contributed by atoms with Crippen molar-refractivity contribution in [3.63, 3.8) is 0 Å². The van der Waals surface area contributed by atoms with Crippen molar-refractivity contribution in [1.82, 2.24) is 4.90 Å². The van der Waals surface area contributed by atoms with E-state index < -0.39 is 11.8 Å². The second-order valence-corrected chi connectivity index (χ2v) is 4.35. The van der Waals surface area contributed by atoms with Crippen molar-refractivity contribution in [3.8, 4) is 0 Å². The molecule has 0 unspecified atom stereocenters. The highest BCUT2D eigenvalue weighted by Crippen LogP contribution is 2.14. The van der Waals surface area contributed by atoms with Crippen LogP contribution in [0.4, 0.5) is 10.1 Å². The van der Waals surface area contributed by atoms with Crippen molar-refractivity contribution in [1.29, 1.82) is 0 Å². The van der Waals surface area contributed by atoms with Gasteiger partial charge in [0.1, 0.15) is 5.82 Å². The Bertz CT molecular complexity index is 508. The van der Waals surface area contributed by atoms with E-state index in [0.29, 0.717) is 13.2 Å². The van der Waals surface area contributed by atoms with E-state index in [0.717, 1.165) is 6.07 Å². The molecular formula is C14H19FN2O4. The number of methoxy groups -OCH3 is 2. The van der Waals surface area contributed by atoms with Gasteiger partial charge < -0.3 is 20.1 Å². The molecule has 1 amide bonds. The van der Waals surface area contributed by atoms with Gasteiger partial charge in [0, 0.05) is 25.8 Å². The zero-order chi connectivity index (χ0) is 15.8. The van der Waals surface area contributed by atoms with E-state index in [4.69, 9.17) is 10.5 Å². The highest BCUT2D eigenvalue weighted by atomic mass is 19.1. The average molecular weight is 298 g/mol. The summed E-state index contributed by atoms with van der Waals surface area (Å²) < 4.78 is 22.6. The fraction of sp³-hybridized carbons (Fsp3) is 0.429. The summed E-state index contributed by atoms with van der Waals surface area (Å²) >= 11 is 0. The molecular weight excluding hydrogens is 279 g/mol. The van der Waals surface area contributed by atoms with Crippen molar-refractivity contribution >= 4 is 17.6 Å². The van der Waals surface area contributed by atoms with Gasteiger partial charge in [0.05, 0.1) is 25.8 Å². The number of nitrogens with zero attached hydrogens (tertiary/aromatic N) is 1. The van der Waals surface area contributed by atoms with Crippen molar-refractivity contribution < 1.29 is 23.5 Å². The molecule has 6 nitrogen and oxygen atoms in total. The highest BCUT2D eigenvalue weighted by molar-refractivity contribution is 5.95. The van der Waals surface area contributed by atoms with Gasteiger partial charge in [-0.2, -0.15) is 0 Å². The van der Waals surface area contributed by atoms with Crippen LogP contribution < -0.4 is 5.73 Å². The normalized spacial score (nSPS) is 10.2. The van der Waals surface area contributed by atoms with Gasteiger partial charge in [0.25, 0.3) is 5.91 Å². The molecule has 0 aromatic heterocycles. The summed E-state index contributed by atoms with van der Waals surface area (Å²) in [6, 6.07) is 3.76. The summed E-state index contributed by atoms with van der Waals surface area (Å²) in [6.07, 6.45) is 0.0721. The summed E-state index contributed by atoms with van der Waals surface area (Å²) in [5.74, 6) is -1.34. The topological polar surface area (TPSA) is 81.9 Å². The lowest BCUT2D eigenvalue weighted by molar-refractivity contribution is -0.140. The molecule has 0 aliphatic carbocycles. The zero-order valence-electron chi connectivity index (χ0n) is 12.1. The maximum Gasteiger partial charge on any atom is 0.307 e. The molecule has 0 spiro atoms. The standard InChI is InChI=1S/C14H19FN2O4/c1-20-8-7-17(6-5-13(18)21-2)14(19)10-3-4-11(15)12(16)9-10/h3-4,9H,5-8,16H2,1-2H3. The molecule has 116 valence electrons. The molecule has 2 N–H and O–H groups in total. The Morgan fingerprint density at radius 3 is 2.57 bits per heavy atom. The Morgan fingerprint density at radius 2 is 2.00 bits per heavy atom. The van der Waals surface area contributed by atoms with E-state index in [9.17, 15) is 14.0 Å². The first kappa shape index (κ1) is 16.9. The van der Waals surface area contributed by atoms with E-state index in [1.54, 1.807) is 0 Å². The van der Waals surface area contributed by atoms with Gasteiger partial charge in [-0.1, -0.05) is 0 Å². The first-order chi connectivity index (χ1) is 9.99. The Labute approximate surface area is 122 Å². The Balaban J connectivity index is 2.82. The fourth-order valence-electron chi connectivity index (χ4n) is 1.70. The van der Waals surface area contributed by atoms with Gasteiger partial charge in [-0.05, 0) is 18.2 Å². The third kappa shape index (κ3) is 5.03. The van der Waals surface area contributed by atoms with Crippen LogP contribution in [0.2, 0.25) is 0 Å². The molecule has 0 aliphatic heterocycles. The van der Waals surface area contributed by atoms with Crippen LogP contribution in [0.15, 0.2) is 18.2 Å². The number of halogens is 1. The molecule has 1 aromatic rings. The maximum absolute atomic E-state index is 13.1. The lowest BCUT2D eigenvalue weighted by Crippen LogP contribution is -2.35. The number of nitrogen functional groups attached to an aromatic ring is 1. The van der Waals surface area contributed by atoms with E-state index in [2.05, 4.69) is 4.74 Å². The second kappa shape index (κ2) is 8.21. The first-order valence-electron chi connectivity index (χ1n) is 6.39. The van der Waals surface area contributed by atoms with E-state index in [1.165, 1.54) is 31.3 Å². The van der Waals surface area contributed by atoms with Crippen LogP contribution in [-0.4, -0.2) is 50.7 Å². The van der Waals surface area contributed by atoms with E-state index in [1.807, 2.05) is 0 Å². The first-order valence-corrected chi connectivity index (χ1v) is 6.39. The predicted molar refractivity (Wildman–Crippen MR) is 75.2 cm³/mol. The predicted octanol–water partition coefficient (Wildman–Crippen LogP) is 1.06. The molecule has 0 saturated heterocycles. The molecule has 0 atom stereocenters. The molecule has 0 aliphatic rings. The molecule has 0 bridgehead atoms. The van der Waals surface area contributed by atoms with Crippen LogP contribution in [-0.2, 0) is 14.3 Å². The molecule has 1 rings (SSSR count). The molecule has 1 aromatic carbocycles. The minimum atomic E-state index is -0.579. The van der Waals surface area contributed by atoms with Gasteiger partial charge in [0.2, 0.25) is 0 Å². The highest BCUT2D eigenvalue weighted by Gasteiger charge is 2.18. The summed E-state index contributed by atoms with van der Waals surface area (Å²) in [5.41, 5.74) is 5.62. The van der Waals surface area contributed by atoms with Gasteiger partial charge in [-0.3, -0.25) is 9.59 Å². The third-order valence-electron chi connectivity index (χ3n) is 2.91. The van der Waals surface area contributed by atoms with Crippen LogP contribution in [0, 0.1) is 5.82 Å². The fourth-order valence-corrected chi connectivity index (χ4v) is 1.70. The molecule has 0 saturated carbocycles. The molecule has 0 fully saturated rings. The zero-order valence-corrected chi connectivity index (χ0v) is 12.1. The van der Waals surface area contributed by atoms with Gasteiger partial charge >= 0.3 is 5.97 Å². The number of anilines is 1. The van der Waals surface area contributed by atoms with E-state index in [-0.39, 0.29) is 30.1 Å². The number of ether oxygens (including phenoxy) is 2. The third-order valence-corrected chi connectivity index (χ3v) is 2.91. The summed E-state index contributed by atoms with van der Waals surface area (Å²) in [7, 11) is 2.79. The second-order valence-electron chi connectivity index (χ2n) is 4.35. The van der Waals surface area contributed by atoms with Crippen LogP contribution in [0.5, 0.6) is 0 Å². The monoisotopic (exact) mass is 298 g/mol. The number of amides is 1. The maximum atomic E-state index is 13.1. The van der Waals surface area contributed by atoms with Crippen molar-refractivity contribution in [3.05, 3.63) is 29.6 Å². The molecule has 0 radical (unpaired) electrons. The lowest BCUT2D eigenvalue weighted by atomic mass is 10.1. The number of nitrogens with two attached hydrogens (primary N) is 1. The number of hydrogen-bond donors (Lipinski definition) is 1. The molecule has 21 heavy (non-hydrogen) atoms. The largest absolute Gasteiger partial charge is 0.469 e. The van der Waals surface area contributed by atoms with Crippen LogP contribution in [0.25, 0.3) is 0 Å². The smallest absolute Gasteiger partial charge is 0.307 e. The van der Waals surface area contributed by atoms with Gasteiger partial charge in [-0.25, -0.2) is 4.39 Å². The van der Waals surface area contributed by atoms with Crippen molar-refractivity contribution in [2.24, 2.45) is 0 Å². The van der Waals surface area contributed by atoms with E-state index >= 15 is 0 Å². The van der Waals surface area contributed by atoms with Crippen LogP contribution in [0.1, 0.15) is 16.8 Å². The summed E-state index contributed by atoms with van der Waals surface area (Å²) in [5, 5.41) is 0. The Morgan fingerprint density at radius 1 is 1.29 bits per heavy atom. The quantitative estimate of drug-likeness (QED) is 0.601. The number of hydrogen-bond acceptors (Lipinski definition) is 5. The average Bonchev–Trinajstić information content (AvgIpc) is 2.49. The van der Waals surface area contributed by atoms with Gasteiger partial charge in [-0.15, -0.1) is 0 Å². The minimum Gasteiger partial charge on any atom is -0.469 e. The Kier molecular flexibility index (Phi) is 6.61. The number of benzene rings is 1. The summed E-state index contributed by atoms with van der Waals surface area (Å²) in [6.45, 7) is 0.819. The summed E-state index contributed by atoms with van der Waals surface area (Å²) in [4.78, 5) is 25.0. The van der Waals surface area contributed by atoms with Crippen molar-refractivity contribution in [2.75, 3.05) is 39.6 Å². The number of carbonyl (C=O) groups is 2. The van der Waals surface area contributed by atoms with Gasteiger partial charge in [0.15, 0.2) is 0 Å². The van der Waals surface area contributed by atoms with Crippen molar-refractivity contribution in [2.45, 2.75) is 6.42 Å². The molecule has 7 heteroatoms. The Hall–Kier alpha value is -2.15. The van der Waals surface area contributed by atoms with Crippen LogP contribution >= 0.6 is 0 Å². The lowest BCUT2D eigenvalue weighted by Gasteiger charge is -2.22. The minimum absolute atomic E-state index is 0.0721. The number of rotatable bonds is 7. The number of carbonyl (C=O) groups excluding carboxylic acids is 2. The van der Waals surface area contributed by atoms with Crippen LogP contribution in [0.3, 0.4) is 0 Å². The molecule has 0 heterocycles. The SMILES string of the molecule is COCCN(CCC(=O)OC)C(=O)c1ccc(F)c(N)c1.